The van der Waals surface area contributed by atoms with Gasteiger partial charge in [-0.3, -0.25) is 9.59 Å². The number of hydrogen-bond acceptors (Lipinski definition) is 4. The molecular weight excluding hydrogens is 452 g/mol. The van der Waals surface area contributed by atoms with Gasteiger partial charge in [-0.25, -0.2) is 0 Å². The second-order valence-electron chi connectivity index (χ2n) is 8.91. The lowest BCUT2D eigenvalue weighted by atomic mass is 9.98. The second kappa shape index (κ2) is 13.3. The van der Waals surface area contributed by atoms with Gasteiger partial charge in [0.15, 0.2) is 13.2 Å². The number of carbonyl (C=O) groups is 2. The lowest BCUT2D eigenvalue weighted by molar-refractivity contribution is -0.119. The first kappa shape index (κ1) is 26.8. The van der Waals surface area contributed by atoms with Gasteiger partial charge in [0.1, 0.15) is 11.5 Å². The van der Waals surface area contributed by atoms with Crippen molar-refractivity contribution in [1.82, 2.24) is 0 Å². The molecule has 3 aromatic carbocycles. The van der Waals surface area contributed by atoms with Crippen molar-refractivity contribution in [2.24, 2.45) is 0 Å². The van der Waals surface area contributed by atoms with Crippen LogP contribution in [0.25, 0.3) is 0 Å². The van der Waals surface area contributed by atoms with E-state index < -0.39 is 0 Å². The van der Waals surface area contributed by atoms with E-state index in [4.69, 9.17) is 9.47 Å². The van der Waals surface area contributed by atoms with Crippen LogP contribution in [-0.2, 0) is 9.59 Å². The third kappa shape index (κ3) is 7.35. The van der Waals surface area contributed by atoms with E-state index in [9.17, 15) is 9.59 Å². The summed E-state index contributed by atoms with van der Waals surface area (Å²) in [5.74, 6) is 1.46. The molecule has 0 aliphatic carbocycles. The molecule has 6 heteroatoms. The largest absolute Gasteiger partial charge is 0.483 e. The lowest BCUT2D eigenvalue weighted by Gasteiger charge is -2.17. The zero-order valence-electron chi connectivity index (χ0n) is 21.5. The van der Waals surface area contributed by atoms with E-state index >= 15 is 0 Å². The number of benzene rings is 3. The fraction of sp³-hybridized carbons (Fsp3) is 0.333. The second-order valence-corrected chi connectivity index (χ2v) is 8.91. The number of para-hydroxylation sites is 4. The first-order chi connectivity index (χ1) is 17.4. The number of carbonyl (C=O) groups excluding carboxylic acids is 2. The highest BCUT2D eigenvalue weighted by Crippen LogP contribution is 2.29. The van der Waals surface area contributed by atoms with Crippen molar-refractivity contribution in [3.63, 3.8) is 0 Å². The highest BCUT2D eigenvalue weighted by Gasteiger charge is 2.15. The highest BCUT2D eigenvalue weighted by atomic mass is 16.5. The Morgan fingerprint density at radius 1 is 0.639 bits per heavy atom. The molecule has 190 valence electrons. The zero-order valence-corrected chi connectivity index (χ0v) is 21.5. The molecule has 0 saturated carbocycles. The molecule has 0 aliphatic heterocycles. The number of ether oxygens (including phenoxy) is 2. The fourth-order valence-corrected chi connectivity index (χ4v) is 3.84. The van der Waals surface area contributed by atoms with Crippen LogP contribution in [0, 0.1) is 0 Å². The summed E-state index contributed by atoms with van der Waals surface area (Å²) in [6.07, 6.45) is 1.96. The smallest absolute Gasteiger partial charge is 0.262 e. The van der Waals surface area contributed by atoms with Gasteiger partial charge in [-0.1, -0.05) is 76.2 Å². The molecule has 2 atom stereocenters. The maximum Gasteiger partial charge on any atom is 0.262 e. The third-order valence-electron chi connectivity index (χ3n) is 6.32. The van der Waals surface area contributed by atoms with Crippen molar-refractivity contribution < 1.29 is 19.1 Å². The summed E-state index contributed by atoms with van der Waals surface area (Å²) >= 11 is 0. The Labute approximate surface area is 214 Å². The first-order valence-corrected chi connectivity index (χ1v) is 12.5. The van der Waals surface area contributed by atoms with E-state index in [0.717, 1.165) is 24.0 Å². The average molecular weight is 489 g/mol. The van der Waals surface area contributed by atoms with Gasteiger partial charge >= 0.3 is 0 Å². The van der Waals surface area contributed by atoms with Crippen molar-refractivity contribution in [3.8, 4) is 11.5 Å². The number of nitrogens with one attached hydrogen (secondary N) is 2. The Hall–Kier alpha value is -3.80. The minimum absolute atomic E-state index is 0.134. The molecule has 2 N–H and O–H groups in total. The summed E-state index contributed by atoms with van der Waals surface area (Å²) in [6, 6.07) is 22.6. The van der Waals surface area contributed by atoms with Crippen molar-refractivity contribution in [2.75, 3.05) is 23.8 Å². The number of rotatable bonds is 12. The standard InChI is InChI=1S/C30H36N2O4/c1-5-21(3)23-13-7-11-17-27(23)35-19-29(33)31-25-15-9-10-16-26(25)32-30(34)20-36-28-18-12-8-14-24(28)22(4)6-2/h7-18,21-22H,5-6,19-20H2,1-4H3,(H,31,33)(H,32,34). The van der Waals surface area contributed by atoms with E-state index in [0.29, 0.717) is 34.7 Å². The molecule has 0 radical (unpaired) electrons. The summed E-state index contributed by atoms with van der Waals surface area (Å²) < 4.78 is 11.6. The fourth-order valence-electron chi connectivity index (χ4n) is 3.84. The molecular formula is C30H36N2O4. The predicted octanol–water partition coefficient (Wildman–Crippen LogP) is 6.75. The number of hydrogen-bond donors (Lipinski definition) is 2. The van der Waals surface area contributed by atoms with E-state index in [-0.39, 0.29) is 25.0 Å². The molecule has 0 heterocycles. The third-order valence-corrected chi connectivity index (χ3v) is 6.32. The van der Waals surface area contributed by atoms with Crippen LogP contribution < -0.4 is 20.1 Å². The van der Waals surface area contributed by atoms with Crippen LogP contribution in [0.15, 0.2) is 72.8 Å². The van der Waals surface area contributed by atoms with Gasteiger partial charge in [-0.05, 0) is 60.1 Å². The quantitative estimate of drug-likeness (QED) is 0.296. The van der Waals surface area contributed by atoms with E-state index in [2.05, 4.69) is 38.3 Å². The molecule has 2 amide bonds. The van der Waals surface area contributed by atoms with Crippen LogP contribution in [0.3, 0.4) is 0 Å². The van der Waals surface area contributed by atoms with Gasteiger partial charge in [-0.2, -0.15) is 0 Å². The van der Waals surface area contributed by atoms with Crippen LogP contribution in [0.2, 0.25) is 0 Å². The summed E-state index contributed by atoms with van der Waals surface area (Å²) in [5.41, 5.74) is 3.15. The zero-order chi connectivity index (χ0) is 25.9. The first-order valence-electron chi connectivity index (χ1n) is 12.5. The van der Waals surface area contributed by atoms with Gasteiger partial charge in [-0.15, -0.1) is 0 Å². The van der Waals surface area contributed by atoms with Gasteiger partial charge in [0.2, 0.25) is 0 Å². The van der Waals surface area contributed by atoms with Crippen LogP contribution >= 0.6 is 0 Å². The summed E-state index contributed by atoms with van der Waals surface area (Å²) in [7, 11) is 0. The number of amides is 2. The maximum absolute atomic E-state index is 12.6. The Morgan fingerprint density at radius 2 is 1.00 bits per heavy atom. The van der Waals surface area contributed by atoms with Crippen molar-refractivity contribution in [1.29, 1.82) is 0 Å². The van der Waals surface area contributed by atoms with Crippen molar-refractivity contribution >= 4 is 23.2 Å². The lowest BCUT2D eigenvalue weighted by Crippen LogP contribution is -2.24. The molecule has 2 unspecified atom stereocenters. The molecule has 3 aromatic rings. The Bertz CT molecular complexity index is 1070. The van der Waals surface area contributed by atoms with Gasteiger partial charge in [0.05, 0.1) is 11.4 Å². The Morgan fingerprint density at radius 3 is 1.39 bits per heavy atom. The van der Waals surface area contributed by atoms with Gasteiger partial charge in [0, 0.05) is 0 Å². The minimum Gasteiger partial charge on any atom is -0.483 e. The SMILES string of the molecule is CCC(C)c1ccccc1OCC(=O)Nc1ccccc1NC(=O)COc1ccccc1C(C)CC. The predicted molar refractivity (Wildman–Crippen MR) is 145 cm³/mol. The number of anilines is 2. The normalized spacial score (nSPS) is 12.3. The van der Waals surface area contributed by atoms with Crippen LogP contribution in [0.1, 0.15) is 63.5 Å². The average Bonchev–Trinajstić information content (AvgIpc) is 2.91. The summed E-state index contributed by atoms with van der Waals surface area (Å²) in [5, 5.41) is 5.67. The molecule has 0 saturated heterocycles. The molecule has 0 fully saturated rings. The van der Waals surface area contributed by atoms with Crippen LogP contribution in [0.4, 0.5) is 11.4 Å². The molecule has 6 nitrogen and oxygen atoms in total. The van der Waals surface area contributed by atoms with Crippen LogP contribution in [0.5, 0.6) is 11.5 Å². The molecule has 0 aromatic heterocycles. The van der Waals surface area contributed by atoms with E-state index in [1.807, 2.05) is 48.5 Å². The van der Waals surface area contributed by atoms with E-state index in [1.54, 1.807) is 24.3 Å². The Balaban J connectivity index is 1.59. The summed E-state index contributed by atoms with van der Waals surface area (Å²) in [4.78, 5) is 25.3. The van der Waals surface area contributed by atoms with Crippen LogP contribution in [-0.4, -0.2) is 25.0 Å². The van der Waals surface area contributed by atoms with Crippen molar-refractivity contribution in [2.45, 2.75) is 52.4 Å². The molecule has 36 heavy (non-hydrogen) atoms. The van der Waals surface area contributed by atoms with Crippen molar-refractivity contribution in [3.05, 3.63) is 83.9 Å². The van der Waals surface area contributed by atoms with Gasteiger partial charge < -0.3 is 20.1 Å². The molecule has 0 bridgehead atoms. The van der Waals surface area contributed by atoms with E-state index in [1.165, 1.54) is 0 Å². The Kier molecular flexibility index (Phi) is 9.92. The monoisotopic (exact) mass is 488 g/mol. The van der Waals surface area contributed by atoms with Gasteiger partial charge in [0.25, 0.3) is 11.8 Å². The highest BCUT2D eigenvalue weighted by molar-refractivity contribution is 6.00. The molecule has 3 rings (SSSR count). The minimum atomic E-state index is -0.311. The topological polar surface area (TPSA) is 76.7 Å². The summed E-state index contributed by atoms with van der Waals surface area (Å²) in [6.45, 7) is 8.24. The maximum atomic E-state index is 12.6. The molecule has 0 spiro atoms. The molecule has 0 aliphatic rings.